The zero-order chi connectivity index (χ0) is 22.8. The highest BCUT2D eigenvalue weighted by molar-refractivity contribution is 5.93. The van der Waals surface area contributed by atoms with Gasteiger partial charge in [0.25, 0.3) is 5.91 Å². The number of carbonyl (C=O) groups is 1. The molecule has 3 aromatic rings. The third-order valence-electron chi connectivity index (χ3n) is 6.22. The number of fused-ring (bicyclic) bond motifs is 1. The van der Waals surface area contributed by atoms with E-state index in [-0.39, 0.29) is 17.4 Å². The first-order valence-electron chi connectivity index (χ1n) is 11.1. The second kappa shape index (κ2) is 9.19. The minimum Gasteiger partial charge on any atom is -0.491 e. The SMILES string of the molecule is Cc1nonc1C(=O)N1CCOc2ccc(CN3CCN(c4ccc(F)cc4)CC3)cc2C1. The van der Waals surface area contributed by atoms with Crippen LogP contribution in [0.2, 0.25) is 0 Å². The molecule has 2 aromatic carbocycles. The van der Waals surface area contributed by atoms with Gasteiger partial charge in [-0.1, -0.05) is 11.2 Å². The van der Waals surface area contributed by atoms with E-state index in [4.69, 9.17) is 9.37 Å². The highest BCUT2D eigenvalue weighted by atomic mass is 19.1. The summed E-state index contributed by atoms with van der Waals surface area (Å²) in [5.41, 5.74) is 3.95. The predicted molar refractivity (Wildman–Crippen MR) is 120 cm³/mol. The number of amides is 1. The molecular formula is C24H26FN5O3. The molecule has 0 atom stereocenters. The topological polar surface area (TPSA) is 74.9 Å². The van der Waals surface area contributed by atoms with Gasteiger partial charge in [-0.3, -0.25) is 9.69 Å². The number of ether oxygens (including phenoxy) is 1. The van der Waals surface area contributed by atoms with Gasteiger partial charge in [0.15, 0.2) is 5.69 Å². The molecule has 2 aliphatic heterocycles. The van der Waals surface area contributed by atoms with Crippen LogP contribution in [0.15, 0.2) is 47.1 Å². The molecule has 0 radical (unpaired) electrons. The van der Waals surface area contributed by atoms with Crippen LogP contribution in [-0.2, 0) is 13.1 Å². The summed E-state index contributed by atoms with van der Waals surface area (Å²) in [7, 11) is 0. The molecule has 0 spiro atoms. The molecule has 5 rings (SSSR count). The van der Waals surface area contributed by atoms with Gasteiger partial charge in [-0.2, -0.15) is 0 Å². The van der Waals surface area contributed by atoms with Gasteiger partial charge < -0.3 is 14.5 Å². The summed E-state index contributed by atoms with van der Waals surface area (Å²) in [6, 6.07) is 12.9. The minimum absolute atomic E-state index is 0.201. The van der Waals surface area contributed by atoms with Crippen LogP contribution < -0.4 is 9.64 Å². The molecule has 0 N–H and O–H groups in total. The number of halogens is 1. The Hall–Kier alpha value is -3.46. The summed E-state index contributed by atoms with van der Waals surface area (Å²) in [6.45, 7) is 7.52. The van der Waals surface area contributed by atoms with Crippen molar-refractivity contribution in [2.75, 3.05) is 44.2 Å². The maximum absolute atomic E-state index is 13.2. The lowest BCUT2D eigenvalue weighted by atomic mass is 10.1. The van der Waals surface area contributed by atoms with Gasteiger partial charge in [-0.15, -0.1) is 0 Å². The van der Waals surface area contributed by atoms with E-state index in [9.17, 15) is 9.18 Å². The number of anilines is 1. The van der Waals surface area contributed by atoms with Crippen molar-refractivity contribution in [2.24, 2.45) is 0 Å². The van der Waals surface area contributed by atoms with Crippen LogP contribution in [0.25, 0.3) is 0 Å². The molecule has 33 heavy (non-hydrogen) atoms. The second-order valence-electron chi connectivity index (χ2n) is 8.46. The van der Waals surface area contributed by atoms with Crippen LogP contribution in [0.3, 0.4) is 0 Å². The van der Waals surface area contributed by atoms with Crippen LogP contribution in [0.1, 0.15) is 27.3 Å². The van der Waals surface area contributed by atoms with E-state index in [2.05, 4.69) is 32.2 Å². The fraction of sp³-hybridized carbons (Fsp3) is 0.375. The van der Waals surface area contributed by atoms with E-state index < -0.39 is 0 Å². The van der Waals surface area contributed by atoms with Crippen LogP contribution in [0.4, 0.5) is 10.1 Å². The molecule has 1 saturated heterocycles. The van der Waals surface area contributed by atoms with Crippen molar-refractivity contribution in [3.05, 3.63) is 70.8 Å². The van der Waals surface area contributed by atoms with Crippen LogP contribution >= 0.6 is 0 Å². The molecule has 0 aliphatic carbocycles. The second-order valence-corrected chi connectivity index (χ2v) is 8.46. The molecule has 1 aromatic heterocycles. The molecule has 0 bridgehead atoms. The van der Waals surface area contributed by atoms with E-state index >= 15 is 0 Å². The summed E-state index contributed by atoms with van der Waals surface area (Å²) >= 11 is 0. The molecule has 3 heterocycles. The molecule has 1 amide bonds. The van der Waals surface area contributed by atoms with E-state index in [1.165, 1.54) is 17.7 Å². The van der Waals surface area contributed by atoms with Gasteiger partial charge >= 0.3 is 0 Å². The molecule has 172 valence electrons. The maximum atomic E-state index is 13.2. The summed E-state index contributed by atoms with van der Waals surface area (Å²) in [4.78, 5) is 19.3. The van der Waals surface area contributed by atoms with Crippen molar-refractivity contribution in [1.29, 1.82) is 0 Å². The molecular weight excluding hydrogens is 425 g/mol. The largest absolute Gasteiger partial charge is 0.491 e. The maximum Gasteiger partial charge on any atom is 0.278 e. The third-order valence-corrected chi connectivity index (χ3v) is 6.22. The van der Waals surface area contributed by atoms with Crippen LogP contribution in [0.5, 0.6) is 5.75 Å². The fourth-order valence-corrected chi connectivity index (χ4v) is 4.37. The normalized spacial score (nSPS) is 16.8. The minimum atomic E-state index is -0.210. The Kier molecular flexibility index (Phi) is 5.95. The Bertz CT molecular complexity index is 1130. The zero-order valence-electron chi connectivity index (χ0n) is 18.5. The first-order chi connectivity index (χ1) is 16.1. The van der Waals surface area contributed by atoms with Crippen molar-refractivity contribution in [3.63, 3.8) is 0 Å². The highest BCUT2D eigenvalue weighted by Gasteiger charge is 2.26. The Morgan fingerprint density at radius 2 is 1.82 bits per heavy atom. The number of aryl methyl sites for hydroxylation is 1. The predicted octanol–water partition coefficient (Wildman–Crippen LogP) is 2.87. The first-order valence-corrected chi connectivity index (χ1v) is 11.1. The Morgan fingerprint density at radius 1 is 1.03 bits per heavy atom. The van der Waals surface area contributed by atoms with Crippen molar-refractivity contribution in [2.45, 2.75) is 20.0 Å². The number of carbonyl (C=O) groups excluding carboxylic acids is 1. The molecule has 0 unspecified atom stereocenters. The summed E-state index contributed by atoms with van der Waals surface area (Å²) < 4.78 is 23.8. The first kappa shape index (κ1) is 21.4. The van der Waals surface area contributed by atoms with Gasteiger partial charge in [-0.25, -0.2) is 9.02 Å². The van der Waals surface area contributed by atoms with Crippen molar-refractivity contribution < 1.29 is 18.6 Å². The van der Waals surface area contributed by atoms with Crippen molar-refractivity contribution in [1.82, 2.24) is 20.1 Å². The lowest BCUT2D eigenvalue weighted by molar-refractivity contribution is 0.0721. The number of rotatable bonds is 4. The van der Waals surface area contributed by atoms with Gasteiger partial charge in [0, 0.05) is 50.5 Å². The highest BCUT2D eigenvalue weighted by Crippen LogP contribution is 2.26. The Labute approximate surface area is 191 Å². The van der Waals surface area contributed by atoms with Crippen LogP contribution in [0, 0.1) is 12.7 Å². The average molecular weight is 452 g/mol. The van der Waals surface area contributed by atoms with E-state index in [1.54, 1.807) is 11.8 Å². The number of aromatic nitrogens is 2. The van der Waals surface area contributed by atoms with Crippen molar-refractivity contribution in [3.8, 4) is 5.75 Å². The molecule has 8 nitrogen and oxygen atoms in total. The quantitative estimate of drug-likeness (QED) is 0.604. The Morgan fingerprint density at radius 3 is 2.55 bits per heavy atom. The summed E-state index contributed by atoms with van der Waals surface area (Å²) in [5.74, 6) is 0.398. The van der Waals surface area contributed by atoms with E-state index in [0.717, 1.165) is 49.7 Å². The smallest absolute Gasteiger partial charge is 0.278 e. The molecule has 0 saturated carbocycles. The number of piperazine rings is 1. The van der Waals surface area contributed by atoms with Gasteiger partial charge in [-0.05, 0) is 54.0 Å². The van der Waals surface area contributed by atoms with Crippen LogP contribution in [-0.4, -0.2) is 65.4 Å². The lowest BCUT2D eigenvalue weighted by Crippen LogP contribution is -2.45. The summed E-state index contributed by atoms with van der Waals surface area (Å²) in [6.07, 6.45) is 0. The number of nitrogens with zero attached hydrogens (tertiary/aromatic N) is 5. The molecule has 9 heteroatoms. The number of hydrogen-bond acceptors (Lipinski definition) is 7. The zero-order valence-corrected chi connectivity index (χ0v) is 18.5. The van der Waals surface area contributed by atoms with Gasteiger partial charge in [0.1, 0.15) is 23.9 Å². The standard InChI is InChI=1S/C24H26FN5O3/c1-17-23(27-33-26-17)24(31)30-12-13-32-22-7-2-18(14-19(22)16-30)15-28-8-10-29(11-9-28)21-5-3-20(25)4-6-21/h2-7,14H,8-13,15-16H2,1H3. The number of benzene rings is 2. The van der Waals surface area contributed by atoms with E-state index in [1.807, 2.05) is 18.2 Å². The monoisotopic (exact) mass is 451 g/mol. The van der Waals surface area contributed by atoms with Crippen molar-refractivity contribution >= 4 is 11.6 Å². The Balaban J connectivity index is 1.23. The van der Waals surface area contributed by atoms with Gasteiger partial charge in [0.2, 0.25) is 0 Å². The van der Waals surface area contributed by atoms with E-state index in [0.29, 0.717) is 25.4 Å². The molecule has 2 aliphatic rings. The number of hydrogen-bond donors (Lipinski definition) is 0. The molecule has 1 fully saturated rings. The summed E-state index contributed by atoms with van der Waals surface area (Å²) in [5, 5.41) is 7.47. The third kappa shape index (κ3) is 4.68. The fourth-order valence-electron chi connectivity index (χ4n) is 4.37. The average Bonchev–Trinajstić information content (AvgIpc) is 3.14. The van der Waals surface area contributed by atoms with Gasteiger partial charge in [0.05, 0.1) is 6.54 Å². The lowest BCUT2D eigenvalue weighted by Gasteiger charge is -2.36.